The zero-order valence-corrected chi connectivity index (χ0v) is 25.6. The Kier molecular flexibility index (Phi) is 9.57. The minimum Gasteiger partial charge on any atom is -0.378 e. The molecule has 0 unspecified atom stereocenters. The van der Waals surface area contributed by atoms with Crippen molar-refractivity contribution >= 4 is 17.7 Å². The second-order valence-corrected chi connectivity index (χ2v) is 11.6. The third-order valence-electron chi connectivity index (χ3n) is 7.96. The van der Waals surface area contributed by atoms with E-state index in [4.69, 9.17) is 10.5 Å². The first-order valence-electron chi connectivity index (χ1n) is 14.7. The molecule has 3 heterocycles. The molecule has 4 aromatic rings. The summed E-state index contributed by atoms with van der Waals surface area (Å²) in [5, 5.41) is 2.95. The zero-order valence-electron chi connectivity index (χ0n) is 25.6. The molecule has 3 amide bonds. The molecule has 1 saturated heterocycles. The lowest BCUT2D eigenvalue weighted by atomic mass is 9.94. The van der Waals surface area contributed by atoms with E-state index in [0.717, 1.165) is 17.8 Å². The molecule has 0 saturated carbocycles. The topological polar surface area (TPSA) is 120 Å². The van der Waals surface area contributed by atoms with Crippen LogP contribution < -0.4 is 11.1 Å². The Morgan fingerprint density at radius 2 is 1.76 bits per heavy atom. The summed E-state index contributed by atoms with van der Waals surface area (Å²) in [4.78, 5) is 44.8. The number of primary amides is 1. The van der Waals surface area contributed by atoms with Gasteiger partial charge in [-0.15, -0.1) is 0 Å². The number of ether oxygens (including phenoxy) is 1. The van der Waals surface area contributed by atoms with Crippen molar-refractivity contribution in [2.24, 2.45) is 5.73 Å². The van der Waals surface area contributed by atoms with Crippen molar-refractivity contribution in [1.82, 2.24) is 19.8 Å². The van der Waals surface area contributed by atoms with E-state index in [1.807, 2.05) is 13.8 Å². The van der Waals surface area contributed by atoms with Crippen LogP contribution in [-0.2, 0) is 22.5 Å². The van der Waals surface area contributed by atoms with Crippen LogP contribution in [0.15, 0.2) is 67.0 Å². The predicted molar refractivity (Wildman–Crippen MR) is 164 cm³/mol. The summed E-state index contributed by atoms with van der Waals surface area (Å²) in [6, 6.07) is 11.1. The summed E-state index contributed by atoms with van der Waals surface area (Å²) in [5.74, 6) is -3.93. The number of pyridine rings is 1. The molecule has 1 fully saturated rings. The van der Waals surface area contributed by atoms with Gasteiger partial charge in [0.1, 0.15) is 24.0 Å². The molecule has 46 heavy (non-hydrogen) atoms. The predicted octanol–water partition coefficient (Wildman–Crippen LogP) is 4.76. The van der Waals surface area contributed by atoms with Crippen molar-refractivity contribution in [3.63, 3.8) is 0 Å². The Morgan fingerprint density at radius 1 is 1.04 bits per heavy atom. The maximum absolute atomic E-state index is 14.3. The summed E-state index contributed by atoms with van der Waals surface area (Å²) in [6.07, 6.45) is 3.09. The molecule has 240 valence electrons. The van der Waals surface area contributed by atoms with Crippen LogP contribution in [0.4, 0.5) is 13.2 Å². The van der Waals surface area contributed by atoms with Crippen LogP contribution in [-0.4, -0.2) is 58.5 Å². The maximum atomic E-state index is 14.3. The number of halogens is 3. The minimum absolute atomic E-state index is 0.00124. The highest BCUT2D eigenvalue weighted by Gasteiger charge is 2.32. The van der Waals surface area contributed by atoms with Gasteiger partial charge in [-0.05, 0) is 59.9 Å². The average Bonchev–Trinajstić information content (AvgIpc) is 3.40. The smallest absolute Gasteiger partial charge is 0.255 e. The Bertz CT molecular complexity index is 1760. The van der Waals surface area contributed by atoms with E-state index in [-0.39, 0.29) is 42.0 Å². The lowest BCUT2D eigenvalue weighted by Gasteiger charge is -2.37. The molecule has 3 N–H and O–H groups in total. The van der Waals surface area contributed by atoms with Crippen LogP contribution in [0.25, 0.3) is 11.1 Å². The monoisotopic (exact) mass is 633 g/mol. The highest BCUT2D eigenvalue weighted by molar-refractivity contribution is 5.95. The van der Waals surface area contributed by atoms with Crippen molar-refractivity contribution < 1.29 is 32.3 Å². The van der Waals surface area contributed by atoms with Gasteiger partial charge in [-0.2, -0.15) is 0 Å². The largest absolute Gasteiger partial charge is 0.378 e. The number of nitrogens with zero attached hydrogens (tertiary/aromatic N) is 3. The van der Waals surface area contributed by atoms with E-state index in [0.29, 0.717) is 35.5 Å². The molecule has 5 rings (SSSR count). The van der Waals surface area contributed by atoms with Gasteiger partial charge in [-0.1, -0.05) is 26.0 Å². The second kappa shape index (κ2) is 13.6. The fourth-order valence-electron chi connectivity index (χ4n) is 5.61. The van der Waals surface area contributed by atoms with Gasteiger partial charge in [-0.3, -0.25) is 19.4 Å². The van der Waals surface area contributed by atoms with E-state index >= 15 is 0 Å². The van der Waals surface area contributed by atoms with Gasteiger partial charge < -0.3 is 25.3 Å². The summed E-state index contributed by atoms with van der Waals surface area (Å²) < 4.78 is 49.7. The van der Waals surface area contributed by atoms with E-state index in [1.54, 1.807) is 41.0 Å². The van der Waals surface area contributed by atoms with E-state index in [1.165, 1.54) is 30.5 Å². The Labute approximate surface area is 264 Å². The first-order valence-corrected chi connectivity index (χ1v) is 14.7. The van der Waals surface area contributed by atoms with Crippen LogP contribution in [0.3, 0.4) is 0 Å². The Morgan fingerprint density at radius 3 is 2.41 bits per heavy atom. The molecule has 1 aliphatic heterocycles. The van der Waals surface area contributed by atoms with Crippen LogP contribution in [0.1, 0.15) is 63.5 Å². The molecule has 0 bridgehead atoms. The molecule has 1 atom stereocenters. The molecule has 1 aliphatic rings. The van der Waals surface area contributed by atoms with Crippen molar-refractivity contribution in [3.8, 4) is 11.1 Å². The fourth-order valence-corrected chi connectivity index (χ4v) is 5.61. The van der Waals surface area contributed by atoms with Crippen LogP contribution in [0.5, 0.6) is 0 Å². The number of nitrogens with two attached hydrogens (primary N) is 1. The number of benzene rings is 2. The number of nitrogens with one attached hydrogen (secondary N) is 1. The van der Waals surface area contributed by atoms with Crippen molar-refractivity contribution in [3.05, 3.63) is 113 Å². The highest BCUT2D eigenvalue weighted by Crippen LogP contribution is 2.31. The van der Waals surface area contributed by atoms with Gasteiger partial charge >= 0.3 is 0 Å². The normalized spacial score (nSPS) is 13.8. The number of amides is 3. The lowest BCUT2D eigenvalue weighted by Crippen LogP contribution is -2.54. The molecular weight excluding hydrogens is 599 g/mol. The summed E-state index contributed by atoms with van der Waals surface area (Å²) >= 11 is 0. The third kappa shape index (κ3) is 7.12. The van der Waals surface area contributed by atoms with Crippen LogP contribution >= 0.6 is 0 Å². The first-order chi connectivity index (χ1) is 21.9. The Balaban J connectivity index is 1.47. The highest BCUT2D eigenvalue weighted by atomic mass is 19.1. The van der Waals surface area contributed by atoms with Gasteiger partial charge in [0.05, 0.1) is 29.0 Å². The van der Waals surface area contributed by atoms with Gasteiger partial charge in [-0.25, -0.2) is 13.2 Å². The molecule has 0 spiro atoms. The Hall–Kier alpha value is -4.97. The lowest BCUT2D eigenvalue weighted by molar-refractivity contribution is -0.122. The molecule has 0 radical (unpaired) electrons. The van der Waals surface area contributed by atoms with Gasteiger partial charge in [0.15, 0.2) is 0 Å². The maximum Gasteiger partial charge on any atom is 0.255 e. The number of methoxy groups -OCH3 is 1. The standard InChI is InChI=1S/C34H34F3N5O4/c1-19(2)30-13-22(34(45)42-16-25(17-42)46-3)15-41(30)18-31(43)40-29(11-20-9-23(35)14-24(36)10-20)32-26(5-4-8-39-32)21-6-7-28(37)27(12-21)33(38)44/h4-10,12-15,19,25,29H,11,16-18H2,1-3H3,(H2,38,44)(H,40,43)/t29-/m0/s1. The summed E-state index contributed by atoms with van der Waals surface area (Å²) in [6.45, 7) is 4.73. The second-order valence-electron chi connectivity index (χ2n) is 11.6. The van der Waals surface area contributed by atoms with E-state index in [2.05, 4.69) is 10.3 Å². The number of aromatic nitrogens is 2. The number of carbonyl (C=O) groups excluding carboxylic acids is 3. The van der Waals surface area contributed by atoms with E-state index in [9.17, 15) is 27.6 Å². The number of hydrogen-bond donors (Lipinski definition) is 2. The first kappa shape index (κ1) is 32.4. The zero-order chi connectivity index (χ0) is 33.1. The van der Waals surface area contributed by atoms with Crippen LogP contribution in [0, 0.1) is 17.5 Å². The minimum atomic E-state index is -0.956. The number of likely N-dealkylation sites (tertiary alicyclic amines) is 1. The molecule has 0 aliphatic carbocycles. The van der Waals surface area contributed by atoms with Gasteiger partial charge in [0.25, 0.3) is 11.8 Å². The van der Waals surface area contributed by atoms with Crippen molar-refractivity contribution in [1.29, 1.82) is 0 Å². The van der Waals surface area contributed by atoms with E-state index < -0.39 is 35.3 Å². The number of rotatable bonds is 11. The number of carbonyl (C=O) groups is 3. The van der Waals surface area contributed by atoms with Crippen molar-refractivity contribution in [2.45, 2.75) is 44.9 Å². The molecule has 9 nitrogen and oxygen atoms in total. The SMILES string of the molecule is COC1CN(C(=O)c2cc(C(C)C)n(CC(=O)N[C@@H](Cc3cc(F)cc(F)c3)c3ncccc3-c3ccc(F)c(C(N)=O)c3)c2)C1. The molecule has 2 aromatic heterocycles. The van der Waals surface area contributed by atoms with Gasteiger partial charge in [0.2, 0.25) is 5.91 Å². The average molecular weight is 634 g/mol. The quantitative estimate of drug-likeness (QED) is 0.247. The summed E-state index contributed by atoms with van der Waals surface area (Å²) in [7, 11) is 1.60. The molecular formula is C34H34F3N5O4. The molecule has 12 heteroatoms. The molecule has 2 aromatic carbocycles. The number of hydrogen-bond acceptors (Lipinski definition) is 5. The fraction of sp³-hybridized carbons (Fsp3) is 0.294. The third-order valence-corrected chi connectivity index (χ3v) is 7.96. The van der Waals surface area contributed by atoms with Gasteiger partial charge in [0, 0.05) is 49.9 Å². The summed E-state index contributed by atoms with van der Waals surface area (Å²) in [5.41, 5.74) is 7.70. The van der Waals surface area contributed by atoms with Crippen LogP contribution in [0.2, 0.25) is 0 Å². The van der Waals surface area contributed by atoms with Crippen molar-refractivity contribution in [2.75, 3.05) is 20.2 Å².